The number of carbonyl (C=O) groups is 9. The number of aromatic nitrogens is 1. The number of hydrogen-bond donors (Lipinski definition) is 11. The Labute approximate surface area is 348 Å². The van der Waals surface area contributed by atoms with Crippen LogP contribution in [0, 0.1) is 5.92 Å². The van der Waals surface area contributed by atoms with Gasteiger partial charge in [0.25, 0.3) is 0 Å². The first-order chi connectivity index (χ1) is 28.5. The predicted molar refractivity (Wildman–Crippen MR) is 214 cm³/mol. The number of aromatic amines is 1. The molecule has 0 radical (unpaired) electrons. The van der Waals surface area contributed by atoms with Gasteiger partial charge in [0, 0.05) is 42.5 Å². The SMILES string of the molecule is CC[C@H](C)C1NC(=O)CNC(=O)[C@@H]2Cc3c([nH]c4ccccc34)SC[C@H](NC(=O)CNC1=O)C(=O)N[C@@H](CCC(N)=O)C(=O)N1C[C@H](O)C[C@H]1C(=O)N[C@@H]([C@@H](C)O)C(=O)N2. The Morgan fingerprint density at radius 3 is 2.22 bits per heavy atom. The molecule has 5 rings (SSSR count). The van der Waals surface area contributed by atoms with Gasteiger partial charge in [0.05, 0.1) is 30.3 Å². The average molecular weight is 857 g/mol. The van der Waals surface area contributed by atoms with Crippen molar-refractivity contribution in [3.8, 4) is 0 Å². The summed E-state index contributed by atoms with van der Waals surface area (Å²) in [6.45, 7) is 3.09. The van der Waals surface area contributed by atoms with Gasteiger partial charge in [-0.25, -0.2) is 0 Å². The quantitative estimate of drug-likeness (QED) is 0.133. The summed E-state index contributed by atoms with van der Waals surface area (Å²) in [6, 6.07) is -1.62. The van der Waals surface area contributed by atoms with E-state index in [4.69, 9.17) is 5.73 Å². The molecular formula is C38H52N10O11S. The van der Waals surface area contributed by atoms with Gasteiger partial charge in [0.1, 0.15) is 36.3 Å². The third-order valence-corrected chi connectivity index (χ3v) is 11.9. The van der Waals surface area contributed by atoms with Crippen molar-refractivity contribution in [3.05, 3.63) is 29.8 Å². The number of para-hydroxylation sites is 1. The molecule has 0 aliphatic carbocycles. The molecule has 1 fully saturated rings. The summed E-state index contributed by atoms with van der Waals surface area (Å²) in [5.41, 5.74) is 6.51. The number of amides is 9. The third-order valence-electron chi connectivity index (χ3n) is 10.7. The Bertz CT molecular complexity index is 2010. The number of nitrogens with one attached hydrogen (secondary N) is 8. The lowest BCUT2D eigenvalue weighted by molar-refractivity contribution is -0.143. The van der Waals surface area contributed by atoms with Crippen LogP contribution >= 0.6 is 11.8 Å². The standard InChI is InChI=1S/C38H52N10O11S/c1-4-17(2)30-35(57)41-13-28(52)42-25-16-60-37-21(20-7-5-6-8-22(20)45-37)12-24(32(54)40-14-29(53)46-30)44-36(58)31(18(3)49)47-34(56)26-11-19(50)15-48(26)38(59)23(43-33(25)55)9-10-27(39)51/h5-8,17-19,23-26,30-31,45,49-50H,4,9-16H2,1-3H3,(H2,39,51)(H,40,54)(H,41,57)(H,42,52)(H,43,55)(H,44,58)(H,46,53)(H,47,56)/t17-,18+,19+,23-,24-,25-,26-,30?,31-/m0/s1. The number of benzene rings is 1. The van der Waals surface area contributed by atoms with Gasteiger partial charge in [-0.15, -0.1) is 11.8 Å². The molecule has 326 valence electrons. The molecule has 9 amide bonds. The maximum absolute atomic E-state index is 14.2. The molecule has 4 heterocycles. The number of rotatable bonds is 6. The van der Waals surface area contributed by atoms with E-state index in [1.54, 1.807) is 38.1 Å². The Balaban J connectivity index is 1.66. The lowest BCUT2D eigenvalue weighted by Gasteiger charge is -2.31. The molecule has 9 atom stereocenters. The highest BCUT2D eigenvalue weighted by Gasteiger charge is 2.44. The molecule has 1 saturated heterocycles. The number of aliphatic hydroxyl groups is 2. The highest BCUT2D eigenvalue weighted by Crippen LogP contribution is 2.32. The molecule has 22 heteroatoms. The van der Waals surface area contributed by atoms with Gasteiger partial charge in [0.2, 0.25) is 53.2 Å². The van der Waals surface area contributed by atoms with Crippen molar-refractivity contribution in [2.24, 2.45) is 11.7 Å². The smallest absolute Gasteiger partial charge is 0.245 e. The first-order valence-electron chi connectivity index (χ1n) is 19.7. The van der Waals surface area contributed by atoms with Crippen LogP contribution in [0.1, 0.15) is 52.0 Å². The summed E-state index contributed by atoms with van der Waals surface area (Å²) in [7, 11) is 0. The van der Waals surface area contributed by atoms with Gasteiger partial charge >= 0.3 is 0 Å². The van der Waals surface area contributed by atoms with Gasteiger partial charge in [0.15, 0.2) is 0 Å². The number of aliphatic hydroxyl groups excluding tert-OH is 2. The van der Waals surface area contributed by atoms with Crippen LogP contribution in [0.4, 0.5) is 0 Å². The minimum atomic E-state index is -1.70. The van der Waals surface area contributed by atoms with Gasteiger partial charge in [-0.1, -0.05) is 38.5 Å². The fraction of sp³-hybridized carbons (Fsp3) is 0.553. The summed E-state index contributed by atoms with van der Waals surface area (Å²) in [5, 5.41) is 40.3. The highest BCUT2D eigenvalue weighted by atomic mass is 32.2. The van der Waals surface area contributed by atoms with Crippen molar-refractivity contribution in [1.29, 1.82) is 0 Å². The summed E-state index contributed by atoms with van der Waals surface area (Å²) >= 11 is 1.06. The molecule has 12 N–H and O–H groups in total. The van der Waals surface area contributed by atoms with Crippen molar-refractivity contribution in [2.75, 3.05) is 25.4 Å². The van der Waals surface area contributed by atoms with Crippen LogP contribution < -0.4 is 43.0 Å². The Hall–Kier alpha value is -5.74. The minimum absolute atomic E-state index is 0.200. The minimum Gasteiger partial charge on any atom is -0.391 e. The zero-order chi connectivity index (χ0) is 43.8. The van der Waals surface area contributed by atoms with E-state index in [0.29, 0.717) is 27.9 Å². The molecule has 0 saturated carbocycles. The van der Waals surface area contributed by atoms with Gasteiger partial charge < -0.3 is 63.0 Å². The van der Waals surface area contributed by atoms with E-state index >= 15 is 0 Å². The zero-order valence-corrected chi connectivity index (χ0v) is 34.2. The lowest BCUT2D eigenvalue weighted by Crippen LogP contribution is -2.61. The average Bonchev–Trinajstić information content (AvgIpc) is 3.77. The van der Waals surface area contributed by atoms with E-state index < -0.39 is 121 Å². The lowest BCUT2D eigenvalue weighted by atomic mass is 9.98. The number of primary amides is 1. The number of thioether (sulfide) groups is 1. The van der Waals surface area contributed by atoms with E-state index in [9.17, 15) is 53.4 Å². The molecule has 2 aromatic rings. The van der Waals surface area contributed by atoms with Crippen LogP contribution in [0.2, 0.25) is 0 Å². The topological polar surface area (TPSA) is 323 Å². The number of hydrogen-bond acceptors (Lipinski definition) is 12. The van der Waals surface area contributed by atoms with Crippen LogP contribution in [0.15, 0.2) is 29.3 Å². The second-order valence-electron chi connectivity index (χ2n) is 15.2. The molecule has 1 aromatic heterocycles. The fourth-order valence-electron chi connectivity index (χ4n) is 7.24. The predicted octanol–water partition coefficient (Wildman–Crippen LogP) is -3.86. The number of nitrogens with two attached hydrogens (primary N) is 1. The maximum Gasteiger partial charge on any atom is 0.245 e. The fourth-order valence-corrected chi connectivity index (χ4v) is 8.36. The van der Waals surface area contributed by atoms with Crippen molar-refractivity contribution < 1.29 is 53.4 Å². The largest absolute Gasteiger partial charge is 0.391 e. The Morgan fingerprint density at radius 2 is 1.53 bits per heavy atom. The Kier molecular flexibility index (Phi) is 15.1. The highest BCUT2D eigenvalue weighted by molar-refractivity contribution is 7.99. The number of nitrogens with zero attached hydrogens (tertiary/aromatic N) is 1. The molecule has 2 bridgehead atoms. The third kappa shape index (κ3) is 11.1. The second-order valence-corrected chi connectivity index (χ2v) is 16.3. The molecule has 3 aliphatic rings. The van der Waals surface area contributed by atoms with E-state index in [1.165, 1.54) is 6.92 Å². The normalized spacial score (nSPS) is 27.8. The maximum atomic E-state index is 14.2. The van der Waals surface area contributed by atoms with Crippen molar-refractivity contribution in [2.45, 2.75) is 106 Å². The van der Waals surface area contributed by atoms with Crippen LogP contribution in [0.5, 0.6) is 0 Å². The Morgan fingerprint density at radius 1 is 0.850 bits per heavy atom. The van der Waals surface area contributed by atoms with Crippen LogP contribution in [-0.2, 0) is 49.6 Å². The zero-order valence-electron chi connectivity index (χ0n) is 33.4. The summed E-state index contributed by atoms with van der Waals surface area (Å²) in [4.78, 5) is 127. The van der Waals surface area contributed by atoms with E-state index in [2.05, 4.69) is 42.2 Å². The molecule has 1 unspecified atom stereocenters. The molecule has 0 spiro atoms. The van der Waals surface area contributed by atoms with Crippen LogP contribution in [0.25, 0.3) is 10.9 Å². The molecule has 60 heavy (non-hydrogen) atoms. The summed E-state index contributed by atoms with van der Waals surface area (Å²) in [6.07, 6.45) is -3.57. The first kappa shape index (κ1) is 45.3. The van der Waals surface area contributed by atoms with Crippen molar-refractivity contribution >= 4 is 75.8 Å². The van der Waals surface area contributed by atoms with E-state index in [-0.39, 0.29) is 38.0 Å². The number of fused-ring (bicyclic) bond motifs is 5. The van der Waals surface area contributed by atoms with Gasteiger partial charge in [-0.3, -0.25) is 43.2 Å². The number of H-pyrrole nitrogens is 1. The molecular weight excluding hydrogens is 805 g/mol. The van der Waals surface area contributed by atoms with Gasteiger partial charge in [-0.05, 0) is 30.9 Å². The second kappa shape index (κ2) is 20.0. The van der Waals surface area contributed by atoms with Crippen molar-refractivity contribution in [1.82, 2.24) is 47.1 Å². The van der Waals surface area contributed by atoms with Gasteiger partial charge in [-0.2, -0.15) is 0 Å². The molecule has 1 aromatic carbocycles. The molecule has 3 aliphatic heterocycles. The van der Waals surface area contributed by atoms with E-state index in [1.807, 2.05) is 0 Å². The van der Waals surface area contributed by atoms with Crippen LogP contribution in [0.3, 0.4) is 0 Å². The van der Waals surface area contributed by atoms with Crippen molar-refractivity contribution in [3.63, 3.8) is 0 Å². The summed E-state index contributed by atoms with van der Waals surface area (Å²) < 4.78 is 0. The summed E-state index contributed by atoms with van der Waals surface area (Å²) in [5.74, 6) is -8.28. The number of carbonyl (C=O) groups excluding carboxylic acids is 9. The first-order valence-corrected chi connectivity index (χ1v) is 20.7. The molecule has 21 nitrogen and oxygen atoms in total. The van der Waals surface area contributed by atoms with Crippen LogP contribution in [-0.4, -0.2) is 147 Å². The monoisotopic (exact) mass is 856 g/mol. The van der Waals surface area contributed by atoms with E-state index in [0.717, 1.165) is 16.7 Å².